The molecule has 2 rings (SSSR count). The summed E-state index contributed by atoms with van der Waals surface area (Å²) in [6, 6.07) is 5.39. The maximum atomic E-state index is 10.7. The number of nitrogens with one attached hydrogen (secondary N) is 2. The van der Waals surface area contributed by atoms with Gasteiger partial charge in [-0.3, -0.25) is 4.99 Å². The zero-order valence-electron chi connectivity index (χ0n) is 19.4. The van der Waals surface area contributed by atoms with Crippen molar-refractivity contribution in [2.75, 3.05) is 40.5 Å². The van der Waals surface area contributed by atoms with Gasteiger partial charge in [-0.2, -0.15) is 0 Å². The molecule has 8 heteroatoms. The molecule has 0 saturated heterocycles. The quantitative estimate of drug-likeness (QED) is 0.209. The molecular weight excluding hydrogens is 509 g/mol. The maximum Gasteiger partial charge on any atom is 0.191 e. The number of methoxy groups -OCH3 is 2. The summed E-state index contributed by atoms with van der Waals surface area (Å²) in [7, 11) is 3.19. The molecule has 1 saturated carbocycles. The Hall–Kier alpha value is -1.26. The van der Waals surface area contributed by atoms with Gasteiger partial charge >= 0.3 is 0 Å². The summed E-state index contributed by atoms with van der Waals surface area (Å²) in [6.07, 6.45) is 5.64. The third-order valence-electron chi connectivity index (χ3n) is 5.59. The molecule has 178 valence electrons. The number of rotatable bonds is 12. The fourth-order valence-corrected chi connectivity index (χ4v) is 4.05. The zero-order valence-corrected chi connectivity index (χ0v) is 21.7. The third-order valence-corrected chi connectivity index (χ3v) is 5.59. The lowest BCUT2D eigenvalue weighted by atomic mass is 9.98. The highest BCUT2D eigenvalue weighted by Gasteiger charge is 2.25. The fourth-order valence-electron chi connectivity index (χ4n) is 4.05. The SMILES string of the molecule is CCNC(=NCC(O)c1cc(OC)ccc1OC)NCCC(OCC)C1CCCC1.I. The Labute approximate surface area is 204 Å². The van der Waals surface area contributed by atoms with E-state index in [1.165, 1.54) is 25.7 Å². The molecule has 1 fully saturated rings. The predicted molar refractivity (Wildman–Crippen MR) is 136 cm³/mol. The van der Waals surface area contributed by atoms with E-state index < -0.39 is 6.10 Å². The lowest BCUT2D eigenvalue weighted by Gasteiger charge is -2.24. The average Bonchev–Trinajstić information content (AvgIpc) is 3.31. The second kappa shape index (κ2) is 15.5. The minimum absolute atomic E-state index is 0. The maximum absolute atomic E-state index is 10.7. The molecule has 1 aliphatic rings. The smallest absolute Gasteiger partial charge is 0.191 e. The number of guanidine groups is 1. The van der Waals surface area contributed by atoms with E-state index in [9.17, 15) is 5.11 Å². The minimum Gasteiger partial charge on any atom is -0.497 e. The van der Waals surface area contributed by atoms with Gasteiger partial charge < -0.3 is 30.0 Å². The number of aliphatic hydroxyl groups excluding tert-OH is 1. The van der Waals surface area contributed by atoms with Crippen molar-refractivity contribution < 1.29 is 19.3 Å². The van der Waals surface area contributed by atoms with Crippen LogP contribution in [0.25, 0.3) is 0 Å². The van der Waals surface area contributed by atoms with Crippen LogP contribution in [0.15, 0.2) is 23.2 Å². The fraction of sp³-hybridized carbons (Fsp3) is 0.696. The molecule has 2 atom stereocenters. The van der Waals surface area contributed by atoms with E-state index in [1.54, 1.807) is 26.4 Å². The van der Waals surface area contributed by atoms with Crippen LogP contribution < -0.4 is 20.1 Å². The van der Waals surface area contributed by atoms with Gasteiger partial charge in [0.25, 0.3) is 0 Å². The van der Waals surface area contributed by atoms with Crippen molar-refractivity contribution in [1.82, 2.24) is 10.6 Å². The molecule has 2 unspecified atom stereocenters. The van der Waals surface area contributed by atoms with E-state index in [0.717, 1.165) is 26.1 Å². The monoisotopic (exact) mass is 549 g/mol. The van der Waals surface area contributed by atoms with Gasteiger partial charge in [-0.25, -0.2) is 0 Å². The van der Waals surface area contributed by atoms with Crippen molar-refractivity contribution in [3.8, 4) is 11.5 Å². The standard InChI is InChI=1S/C23H39N3O4.HI/c1-5-24-23(25-14-13-21(30-6-2)17-9-7-8-10-17)26-16-20(27)19-15-18(28-3)11-12-22(19)29-4;/h11-12,15,17,20-21,27H,5-10,13-14,16H2,1-4H3,(H2,24,25,26);1H. The van der Waals surface area contributed by atoms with E-state index in [4.69, 9.17) is 14.2 Å². The topological polar surface area (TPSA) is 84.3 Å². The normalized spacial score (nSPS) is 16.4. The molecule has 0 bridgehead atoms. The molecule has 7 nitrogen and oxygen atoms in total. The Morgan fingerprint density at radius 2 is 1.90 bits per heavy atom. The first-order valence-corrected chi connectivity index (χ1v) is 11.2. The lowest BCUT2D eigenvalue weighted by Crippen LogP contribution is -2.39. The Kier molecular flexibility index (Phi) is 13.9. The van der Waals surface area contributed by atoms with Gasteiger partial charge in [-0.05, 0) is 57.2 Å². The van der Waals surface area contributed by atoms with E-state index in [-0.39, 0.29) is 30.5 Å². The number of halogens is 1. The molecule has 1 aromatic carbocycles. The molecule has 0 spiro atoms. The highest BCUT2D eigenvalue weighted by atomic mass is 127. The number of aliphatic hydroxyl groups is 1. The second-order valence-electron chi connectivity index (χ2n) is 7.60. The van der Waals surface area contributed by atoms with E-state index in [2.05, 4.69) is 22.5 Å². The Morgan fingerprint density at radius 1 is 1.16 bits per heavy atom. The summed E-state index contributed by atoms with van der Waals surface area (Å²) in [5, 5.41) is 17.3. The predicted octanol–water partition coefficient (Wildman–Crippen LogP) is 3.90. The zero-order chi connectivity index (χ0) is 21.8. The molecule has 0 radical (unpaired) electrons. The molecular formula is C23H40IN3O4. The highest BCUT2D eigenvalue weighted by molar-refractivity contribution is 14.0. The number of aliphatic imine (C=N–C) groups is 1. The van der Waals surface area contributed by atoms with Gasteiger partial charge in [0.05, 0.1) is 26.9 Å². The Balaban J connectivity index is 0.00000480. The van der Waals surface area contributed by atoms with Crippen LogP contribution in [-0.2, 0) is 4.74 Å². The van der Waals surface area contributed by atoms with Crippen LogP contribution in [0.4, 0.5) is 0 Å². The first-order valence-electron chi connectivity index (χ1n) is 11.2. The largest absolute Gasteiger partial charge is 0.497 e. The first-order chi connectivity index (χ1) is 14.6. The summed E-state index contributed by atoms with van der Waals surface area (Å²) in [6.45, 7) is 6.60. The summed E-state index contributed by atoms with van der Waals surface area (Å²) < 4.78 is 16.6. The van der Waals surface area contributed by atoms with Crippen LogP contribution >= 0.6 is 24.0 Å². The van der Waals surface area contributed by atoms with Crippen molar-refractivity contribution in [2.24, 2.45) is 10.9 Å². The molecule has 3 N–H and O–H groups in total. The number of hydrogen-bond acceptors (Lipinski definition) is 5. The van der Waals surface area contributed by atoms with Gasteiger partial charge in [-0.1, -0.05) is 12.8 Å². The summed E-state index contributed by atoms with van der Waals surface area (Å²) >= 11 is 0. The number of nitrogens with zero attached hydrogens (tertiary/aromatic N) is 1. The van der Waals surface area contributed by atoms with Gasteiger partial charge in [0.15, 0.2) is 5.96 Å². The summed E-state index contributed by atoms with van der Waals surface area (Å²) in [5.74, 6) is 2.66. The number of hydrogen-bond donors (Lipinski definition) is 3. The number of benzene rings is 1. The van der Waals surface area contributed by atoms with Crippen LogP contribution in [0.3, 0.4) is 0 Å². The van der Waals surface area contributed by atoms with Crippen molar-refractivity contribution in [3.63, 3.8) is 0 Å². The second-order valence-corrected chi connectivity index (χ2v) is 7.60. The average molecular weight is 549 g/mol. The molecule has 31 heavy (non-hydrogen) atoms. The van der Waals surface area contributed by atoms with Gasteiger partial charge in [0.2, 0.25) is 0 Å². The van der Waals surface area contributed by atoms with Gasteiger partial charge in [-0.15, -0.1) is 24.0 Å². The molecule has 1 aromatic rings. The van der Waals surface area contributed by atoms with Gasteiger partial charge in [0, 0.05) is 25.3 Å². The Bertz CT molecular complexity index is 654. The summed E-state index contributed by atoms with van der Waals surface area (Å²) in [4.78, 5) is 4.57. The minimum atomic E-state index is -0.792. The Morgan fingerprint density at radius 3 is 2.52 bits per heavy atom. The van der Waals surface area contributed by atoms with Crippen LogP contribution in [0.2, 0.25) is 0 Å². The van der Waals surface area contributed by atoms with E-state index in [1.807, 2.05) is 13.0 Å². The van der Waals surface area contributed by atoms with Crippen molar-refractivity contribution in [2.45, 2.75) is 58.2 Å². The van der Waals surface area contributed by atoms with Crippen LogP contribution in [-0.4, -0.2) is 57.6 Å². The van der Waals surface area contributed by atoms with Gasteiger partial charge in [0.1, 0.15) is 17.6 Å². The third kappa shape index (κ3) is 9.02. The van der Waals surface area contributed by atoms with Crippen molar-refractivity contribution in [3.05, 3.63) is 23.8 Å². The number of ether oxygens (including phenoxy) is 3. The molecule has 0 aromatic heterocycles. The summed E-state index contributed by atoms with van der Waals surface area (Å²) in [5.41, 5.74) is 0.661. The highest BCUT2D eigenvalue weighted by Crippen LogP contribution is 2.31. The lowest BCUT2D eigenvalue weighted by molar-refractivity contribution is 0.0169. The molecule has 1 aliphatic carbocycles. The van der Waals surface area contributed by atoms with Crippen molar-refractivity contribution in [1.29, 1.82) is 0 Å². The van der Waals surface area contributed by atoms with Crippen LogP contribution in [0.5, 0.6) is 11.5 Å². The molecule has 0 heterocycles. The van der Waals surface area contributed by atoms with E-state index in [0.29, 0.717) is 35.0 Å². The molecule has 0 amide bonds. The van der Waals surface area contributed by atoms with Crippen LogP contribution in [0, 0.1) is 5.92 Å². The van der Waals surface area contributed by atoms with Crippen molar-refractivity contribution >= 4 is 29.9 Å². The van der Waals surface area contributed by atoms with Crippen LogP contribution in [0.1, 0.15) is 57.6 Å². The van der Waals surface area contributed by atoms with E-state index >= 15 is 0 Å². The first kappa shape index (κ1) is 27.8. The molecule has 0 aliphatic heterocycles.